The zero-order valence-electron chi connectivity index (χ0n) is 16.6. The number of hydrogen-bond donors (Lipinski definition) is 6. The summed E-state index contributed by atoms with van der Waals surface area (Å²) in [6, 6.07) is 5.56. The molecule has 0 fully saturated rings. The fraction of sp³-hybridized carbons (Fsp3) is 0.421. The van der Waals surface area contributed by atoms with Gasteiger partial charge in [-0.05, 0) is 18.9 Å². The van der Waals surface area contributed by atoms with Crippen molar-refractivity contribution in [3.05, 3.63) is 35.9 Å². The third-order valence-corrected chi connectivity index (χ3v) is 4.07. The predicted octanol–water partition coefficient (Wildman–Crippen LogP) is -1.99. The van der Waals surface area contributed by atoms with Crippen molar-refractivity contribution < 1.29 is 29.1 Å². The second-order valence-electron chi connectivity index (χ2n) is 6.72. The van der Waals surface area contributed by atoms with Crippen LogP contribution in [0, 0.1) is 0 Å². The maximum atomic E-state index is 12.3. The summed E-state index contributed by atoms with van der Waals surface area (Å²) >= 11 is 0. The number of aliphatic carboxylic acids is 1. The van der Waals surface area contributed by atoms with Gasteiger partial charge in [-0.1, -0.05) is 30.3 Å². The molecule has 0 spiro atoms. The number of carboxylic acids is 1. The highest BCUT2D eigenvalue weighted by Gasteiger charge is 2.24. The molecule has 1 rings (SSSR count). The van der Waals surface area contributed by atoms with Gasteiger partial charge in [0.2, 0.25) is 23.6 Å². The molecule has 4 amide bonds. The first-order valence-electron chi connectivity index (χ1n) is 9.28. The van der Waals surface area contributed by atoms with Gasteiger partial charge in [0, 0.05) is 12.8 Å². The largest absolute Gasteiger partial charge is 0.480 e. The molecule has 0 bridgehead atoms. The predicted molar refractivity (Wildman–Crippen MR) is 107 cm³/mol. The van der Waals surface area contributed by atoms with Crippen LogP contribution in [-0.4, -0.2) is 59.4 Å². The van der Waals surface area contributed by atoms with Crippen molar-refractivity contribution in [2.24, 2.45) is 11.5 Å². The molecule has 3 atom stereocenters. The molecule has 8 N–H and O–H groups in total. The molecule has 0 radical (unpaired) electrons. The van der Waals surface area contributed by atoms with Crippen LogP contribution in [0.2, 0.25) is 0 Å². The summed E-state index contributed by atoms with van der Waals surface area (Å²) in [5.74, 6) is -3.94. The Morgan fingerprint density at radius 3 is 2.17 bits per heavy atom. The van der Waals surface area contributed by atoms with Crippen LogP contribution in [0.25, 0.3) is 0 Å². The fourth-order valence-electron chi connectivity index (χ4n) is 2.44. The van der Waals surface area contributed by atoms with Crippen LogP contribution in [0.5, 0.6) is 0 Å². The average molecular weight is 421 g/mol. The van der Waals surface area contributed by atoms with E-state index in [9.17, 15) is 29.1 Å². The molecule has 11 nitrogen and oxygen atoms in total. The summed E-state index contributed by atoms with van der Waals surface area (Å²) in [5.41, 5.74) is 11.2. The van der Waals surface area contributed by atoms with E-state index in [4.69, 9.17) is 11.5 Å². The SMILES string of the molecule is CC(N)C(=O)NC(CCC(N)=O)C(=O)NCC(=O)NC(Cc1ccccc1)C(=O)O. The Kier molecular flexibility index (Phi) is 9.97. The van der Waals surface area contributed by atoms with Crippen LogP contribution in [-0.2, 0) is 30.4 Å². The Morgan fingerprint density at radius 1 is 1.00 bits per heavy atom. The molecule has 0 aliphatic rings. The molecule has 0 aliphatic carbocycles. The van der Waals surface area contributed by atoms with Gasteiger partial charge in [0.1, 0.15) is 12.1 Å². The lowest BCUT2D eigenvalue weighted by atomic mass is 10.1. The molecular weight excluding hydrogens is 394 g/mol. The topological polar surface area (TPSA) is 194 Å². The number of hydrogen-bond acceptors (Lipinski definition) is 6. The molecule has 1 aromatic rings. The number of nitrogens with one attached hydrogen (secondary N) is 3. The highest BCUT2D eigenvalue weighted by Crippen LogP contribution is 2.03. The maximum Gasteiger partial charge on any atom is 0.326 e. The van der Waals surface area contributed by atoms with Gasteiger partial charge in [-0.3, -0.25) is 19.2 Å². The standard InChI is InChI=1S/C19H27N5O6/c1-11(20)17(27)24-13(7-8-15(21)25)18(28)22-10-16(26)23-14(19(29)30)9-12-5-3-2-4-6-12/h2-6,11,13-14H,7-10,20H2,1H3,(H2,21,25)(H,22,28)(H,23,26)(H,24,27)(H,29,30). The number of rotatable bonds is 12. The van der Waals surface area contributed by atoms with Crippen LogP contribution < -0.4 is 27.4 Å². The highest BCUT2D eigenvalue weighted by molar-refractivity contribution is 5.92. The lowest BCUT2D eigenvalue weighted by Crippen LogP contribution is -2.53. The lowest BCUT2D eigenvalue weighted by molar-refractivity contribution is -0.141. The molecule has 0 saturated carbocycles. The Bertz CT molecular complexity index is 768. The van der Waals surface area contributed by atoms with Crippen molar-refractivity contribution in [1.82, 2.24) is 16.0 Å². The summed E-state index contributed by atoms with van der Waals surface area (Å²) in [7, 11) is 0. The summed E-state index contributed by atoms with van der Waals surface area (Å²) in [6.07, 6.45) is -0.170. The first-order chi connectivity index (χ1) is 14.1. The monoisotopic (exact) mass is 421 g/mol. The fourth-order valence-corrected chi connectivity index (χ4v) is 2.44. The second kappa shape index (κ2) is 12.2. The van der Waals surface area contributed by atoms with E-state index in [0.29, 0.717) is 0 Å². The third kappa shape index (κ3) is 9.15. The van der Waals surface area contributed by atoms with Gasteiger partial charge in [-0.25, -0.2) is 4.79 Å². The van der Waals surface area contributed by atoms with Crippen molar-refractivity contribution in [3.63, 3.8) is 0 Å². The zero-order valence-corrected chi connectivity index (χ0v) is 16.6. The summed E-state index contributed by atoms with van der Waals surface area (Å²) in [4.78, 5) is 58.6. The average Bonchev–Trinajstić information content (AvgIpc) is 2.69. The van der Waals surface area contributed by atoms with Gasteiger partial charge >= 0.3 is 5.97 Å². The van der Waals surface area contributed by atoms with Crippen molar-refractivity contribution in [2.75, 3.05) is 6.54 Å². The van der Waals surface area contributed by atoms with Gasteiger partial charge in [-0.15, -0.1) is 0 Å². The number of nitrogens with two attached hydrogens (primary N) is 2. The quantitative estimate of drug-likeness (QED) is 0.225. The Hall–Kier alpha value is -3.47. The Labute approximate surface area is 173 Å². The van der Waals surface area contributed by atoms with E-state index in [0.717, 1.165) is 5.56 Å². The van der Waals surface area contributed by atoms with E-state index in [1.807, 2.05) is 0 Å². The van der Waals surface area contributed by atoms with Crippen molar-refractivity contribution in [3.8, 4) is 0 Å². The van der Waals surface area contributed by atoms with Gasteiger partial charge in [0.25, 0.3) is 0 Å². The molecule has 1 aromatic carbocycles. The van der Waals surface area contributed by atoms with E-state index in [1.54, 1.807) is 30.3 Å². The van der Waals surface area contributed by atoms with Gasteiger partial charge in [-0.2, -0.15) is 0 Å². The van der Waals surface area contributed by atoms with E-state index in [-0.39, 0.29) is 19.3 Å². The highest BCUT2D eigenvalue weighted by atomic mass is 16.4. The summed E-state index contributed by atoms with van der Waals surface area (Å²) in [6.45, 7) is 0.906. The van der Waals surface area contributed by atoms with Crippen molar-refractivity contribution in [1.29, 1.82) is 0 Å². The molecule has 0 saturated heterocycles. The van der Waals surface area contributed by atoms with Crippen LogP contribution in [0.3, 0.4) is 0 Å². The van der Waals surface area contributed by atoms with E-state index >= 15 is 0 Å². The second-order valence-corrected chi connectivity index (χ2v) is 6.72. The molecule has 11 heteroatoms. The number of primary amides is 1. The molecular formula is C19H27N5O6. The van der Waals surface area contributed by atoms with E-state index in [1.165, 1.54) is 6.92 Å². The van der Waals surface area contributed by atoms with Crippen LogP contribution in [0.1, 0.15) is 25.3 Å². The molecule has 0 heterocycles. The summed E-state index contributed by atoms with van der Waals surface area (Å²) < 4.78 is 0. The van der Waals surface area contributed by atoms with Gasteiger partial charge in [0.05, 0.1) is 12.6 Å². The van der Waals surface area contributed by atoms with Crippen LogP contribution in [0.15, 0.2) is 30.3 Å². The minimum Gasteiger partial charge on any atom is -0.480 e. The first-order valence-corrected chi connectivity index (χ1v) is 9.28. The van der Waals surface area contributed by atoms with Crippen molar-refractivity contribution >= 4 is 29.6 Å². The zero-order chi connectivity index (χ0) is 22.7. The van der Waals surface area contributed by atoms with Crippen LogP contribution in [0.4, 0.5) is 0 Å². The Morgan fingerprint density at radius 2 is 1.63 bits per heavy atom. The molecule has 0 aromatic heterocycles. The van der Waals surface area contributed by atoms with Crippen molar-refractivity contribution in [2.45, 2.75) is 44.3 Å². The molecule has 0 aliphatic heterocycles. The smallest absolute Gasteiger partial charge is 0.326 e. The minimum atomic E-state index is -1.22. The number of benzene rings is 1. The number of amides is 4. The summed E-state index contributed by atoms with van der Waals surface area (Å²) in [5, 5.41) is 16.3. The number of carboxylic acid groups (broad SMARTS) is 1. The number of carbonyl (C=O) groups excluding carboxylic acids is 4. The van der Waals surface area contributed by atoms with Gasteiger partial charge < -0.3 is 32.5 Å². The normalized spacial score (nSPS) is 13.4. The third-order valence-electron chi connectivity index (χ3n) is 4.07. The minimum absolute atomic E-state index is 0.0710. The van der Waals surface area contributed by atoms with Gasteiger partial charge in [0.15, 0.2) is 0 Å². The maximum absolute atomic E-state index is 12.3. The Balaban J connectivity index is 2.64. The number of carbonyl (C=O) groups is 5. The lowest BCUT2D eigenvalue weighted by Gasteiger charge is -2.19. The first kappa shape index (κ1) is 24.6. The molecule has 164 valence electrons. The molecule has 3 unspecified atom stereocenters. The van der Waals surface area contributed by atoms with Crippen LogP contribution >= 0.6 is 0 Å². The van der Waals surface area contributed by atoms with E-state index < -0.39 is 54.3 Å². The van der Waals surface area contributed by atoms with E-state index in [2.05, 4.69) is 16.0 Å². The molecule has 30 heavy (non-hydrogen) atoms.